The van der Waals surface area contributed by atoms with Gasteiger partial charge in [0.1, 0.15) is 4.90 Å². The van der Waals surface area contributed by atoms with Gasteiger partial charge in [-0.25, -0.2) is 18.4 Å². The second-order valence-electron chi connectivity index (χ2n) is 3.99. The Labute approximate surface area is 120 Å². The molecule has 8 heteroatoms. The lowest BCUT2D eigenvalue weighted by Gasteiger charge is -2.01. The van der Waals surface area contributed by atoms with E-state index >= 15 is 0 Å². The van der Waals surface area contributed by atoms with Crippen molar-refractivity contribution in [2.45, 2.75) is 37.5 Å². The molecule has 0 aliphatic carbocycles. The summed E-state index contributed by atoms with van der Waals surface area (Å²) in [5, 5.41) is 4.96. The number of carbonyl (C=O) groups is 1. The van der Waals surface area contributed by atoms with Gasteiger partial charge in [-0.15, -0.1) is 0 Å². The fraction of sp³-hybridized carbons (Fsp3) is 0.545. The molecule has 0 bridgehead atoms. The van der Waals surface area contributed by atoms with Crippen LogP contribution in [0.25, 0.3) is 0 Å². The van der Waals surface area contributed by atoms with E-state index in [1.54, 1.807) is 0 Å². The Morgan fingerprint density at radius 2 is 2.11 bits per heavy atom. The highest BCUT2D eigenvalue weighted by molar-refractivity contribution is 9.10. The molecule has 1 rings (SSSR count). The number of primary sulfonamides is 1. The van der Waals surface area contributed by atoms with Crippen LogP contribution in [-0.4, -0.2) is 21.0 Å². The zero-order valence-corrected chi connectivity index (χ0v) is 12.9. The molecule has 2 N–H and O–H groups in total. The van der Waals surface area contributed by atoms with Crippen LogP contribution in [-0.2, 0) is 14.8 Å². The van der Waals surface area contributed by atoms with E-state index in [0.29, 0.717) is 0 Å². The van der Waals surface area contributed by atoms with Gasteiger partial charge in [-0.3, -0.25) is 0 Å². The maximum absolute atomic E-state index is 11.6. The van der Waals surface area contributed by atoms with Gasteiger partial charge in [0.25, 0.3) is 0 Å². The lowest BCUT2D eigenvalue weighted by molar-refractivity contribution is 0.0460. The van der Waals surface area contributed by atoms with Crippen LogP contribution in [0.3, 0.4) is 0 Å². The number of hydrogen-bond donors (Lipinski definition) is 1. The molecule has 6 nitrogen and oxygen atoms in total. The molecule has 0 fully saturated rings. The monoisotopic (exact) mass is 353 g/mol. The Morgan fingerprint density at radius 1 is 1.42 bits per heavy atom. The van der Waals surface area contributed by atoms with E-state index in [4.69, 9.17) is 14.3 Å². The van der Waals surface area contributed by atoms with Crippen molar-refractivity contribution < 1.29 is 22.4 Å². The van der Waals surface area contributed by atoms with Crippen LogP contribution in [0.2, 0.25) is 0 Å². The molecular weight excluding hydrogens is 338 g/mol. The Kier molecular flexibility index (Phi) is 6.02. The summed E-state index contributed by atoms with van der Waals surface area (Å²) in [6.45, 7) is 2.36. The van der Waals surface area contributed by atoms with Gasteiger partial charge in [0.05, 0.1) is 6.61 Å². The first-order valence-corrected chi connectivity index (χ1v) is 8.19. The summed E-state index contributed by atoms with van der Waals surface area (Å²) in [6, 6.07) is 1.05. The fourth-order valence-electron chi connectivity index (χ4n) is 1.41. The summed E-state index contributed by atoms with van der Waals surface area (Å²) in [7, 11) is -3.93. The largest absolute Gasteiger partial charge is 0.460 e. The number of unbranched alkanes of at least 4 members (excludes halogenated alkanes) is 3. The molecule has 1 aromatic heterocycles. The Bertz CT molecular complexity index is 537. The zero-order valence-electron chi connectivity index (χ0n) is 10.5. The molecular formula is C11H16BrNO5S. The van der Waals surface area contributed by atoms with Crippen LogP contribution in [0.15, 0.2) is 20.0 Å². The van der Waals surface area contributed by atoms with Gasteiger partial charge in [0, 0.05) is 6.07 Å². The van der Waals surface area contributed by atoms with E-state index in [2.05, 4.69) is 22.9 Å². The van der Waals surface area contributed by atoms with E-state index in [1.807, 2.05) is 0 Å². The predicted octanol–water partition coefficient (Wildman–Crippen LogP) is 2.43. The highest BCUT2D eigenvalue weighted by atomic mass is 79.9. The molecule has 1 heterocycles. The second-order valence-corrected chi connectivity index (χ2v) is 6.24. The van der Waals surface area contributed by atoms with Gasteiger partial charge >= 0.3 is 5.97 Å². The molecule has 0 saturated heterocycles. The first-order chi connectivity index (χ1) is 8.86. The minimum atomic E-state index is -3.93. The smallest absolute Gasteiger partial charge is 0.374 e. The van der Waals surface area contributed by atoms with E-state index < -0.39 is 16.0 Å². The van der Waals surface area contributed by atoms with Crippen molar-refractivity contribution in [1.29, 1.82) is 0 Å². The number of rotatable bonds is 7. The van der Waals surface area contributed by atoms with Gasteiger partial charge in [-0.1, -0.05) is 26.2 Å². The highest BCUT2D eigenvalue weighted by Crippen LogP contribution is 2.25. The molecule has 0 saturated carbocycles. The normalized spacial score (nSPS) is 11.5. The van der Waals surface area contributed by atoms with E-state index in [0.717, 1.165) is 31.7 Å². The molecule has 0 unspecified atom stereocenters. The molecule has 0 atom stereocenters. The average Bonchev–Trinajstić information content (AvgIpc) is 2.70. The SMILES string of the molecule is CCCCCCOC(=O)c1cc(S(N)(=O)=O)c(Br)o1. The summed E-state index contributed by atoms with van der Waals surface area (Å²) >= 11 is 2.89. The molecule has 108 valence electrons. The van der Waals surface area contributed by atoms with Crippen molar-refractivity contribution in [2.24, 2.45) is 5.14 Å². The maximum atomic E-state index is 11.6. The van der Waals surface area contributed by atoms with E-state index in [-0.39, 0.29) is 21.9 Å². The van der Waals surface area contributed by atoms with Crippen molar-refractivity contribution in [3.05, 3.63) is 16.5 Å². The summed E-state index contributed by atoms with van der Waals surface area (Å²) in [4.78, 5) is 11.3. The standard InChI is InChI=1S/C11H16BrNO5S/c1-2-3-4-5-6-17-11(14)8-7-9(10(12)18-8)19(13,15)16/h7H,2-6H2,1H3,(H2,13,15,16). The number of esters is 1. The summed E-state index contributed by atoms with van der Waals surface area (Å²) < 4.78 is 32.1. The quantitative estimate of drug-likeness (QED) is 0.599. The van der Waals surface area contributed by atoms with Gasteiger partial charge in [-0.05, 0) is 22.4 Å². The van der Waals surface area contributed by atoms with E-state index in [9.17, 15) is 13.2 Å². The highest BCUT2D eigenvalue weighted by Gasteiger charge is 2.22. The van der Waals surface area contributed by atoms with E-state index in [1.165, 1.54) is 0 Å². The van der Waals surface area contributed by atoms with Crippen molar-refractivity contribution in [2.75, 3.05) is 6.61 Å². The molecule has 0 aliphatic heterocycles. The first-order valence-electron chi connectivity index (χ1n) is 5.85. The van der Waals surface area contributed by atoms with Crippen LogP contribution in [0, 0.1) is 0 Å². The van der Waals surface area contributed by atoms with Gasteiger partial charge in [-0.2, -0.15) is 0 Å². The fourth-order valence-corrected chi connectivity index (χ4v) is 2.91. The summed E-state index contributed by atoms with van der Waals surface area (Å²) in [5.74, 6) is -0.890. The van der Waals surface area contributed by atoms with Crippen LogP contribution < -0.4 is 5.14 Å². The Morgan fingerprint density at radius 3 is 2.63 bits per heavy atom. The molecule has 1 aromatic rings. The third kappa shape index (κ3) is 4.96. The number of hydrogen-bond acceptors (Lipinski definition) is 5. The number of carbonyl (C=O) groups excluding carboxylic acids is 1. The van der Waals surface area contributed by atoms with Crippen molar-refractivity contribution in [3.63, 3.8) is 0 Å². The Hall–Kier alpha value is -0.860. The van der Waals surface area contributed by atoms with Crippen molar-refractivity contribution in [3.8, 4) is 0 Å². The zero-order chi connectivity index (χ0) is 14.5. The van der Waals surface area contributed by atoms with Gasteiger partial charge in [0.2, 0.25) is 15.8 Å². The van der Waals surface area contributed by atoms with Crippen LogP contribution >= 0.6 is 15.9 Å². The topological polar surface area (TPSA) is 99.6 Å². The van der Waals surface area contributed by atoms with Crippen LogP contribution in [0.4, 0.5) is 0 Å². The van der Waals surface area contributed by atoms with Crippen LogP contribution in [0.1, 0.15) is 43.2 Å². The van der Waals surface area contributed by atoms with Crippen LogP contribution in [0.5, 0.6) is 0 Å². The predicted molar refractivity (Wildman–Crippen MR) is 72.2 cm³/mol. The summed E-state index contributed by atoms with van der Waals surface area (Å²) in [6.07, 6.45) is 3.92. The number of nitrogens with two attached hydrogens (primary N) is 1. The molecule has 0 radical (unpaired) electrons. The molecule has 0 spiro atoms. The second kappa shape index (κ2) is 7.06. The third-order valence-corrected chi connectivity index (χ3v) is 4.16. The molecule has 0 aliphatic rings. The lowest BCUT2D eigenvalue weighted by Crippen LogP contribution is -2.11. The van der Waals surface area contributed by atoms with Crippen molar-refractivity contribution in [1.82, 2.24) is 0 Å². The Balaban J connectivity index is 2.59. The number of furan rings is 1. The van der Waals surface area contributed by atoms with Crippen molar-refractivity contribution >= 4 is 31.9 Å². The molecule has 0 amide bonds. The average molecular weight is 354 g/mol. The lowest BCUT2D eigenvalue weighted by atomic mass is 10.2. The van der Waals surface area contributed by atoms with Gasteiger partial charge in [0.15, 0.2) is 4.67 Å². The molecule has 19 heavy (non-hydrogen) atoms. The number of ether oxygens (including phenoxy) is 1. The third-order valence-electron chi connectivity index (χ3n) is 2.39. The minimum Gasteiger partial charge on any atom is -0.460 e. The minimum absolute atomic E-state index is 0.104. The first kappa shape index (κ1) is 16.2. The summed E-state index contributed by atoms with van der Waals surface area (Å²) in [5.41, 5.74) is 0. The number of halogens is 1. The number of sulfonamides is 1. The maximum Gasteiger partial charge on any atom is 0.374 e. The van der Waals surface area contributed by atoms with Gasteiger partial charge < -0.3 is 9.15 Å². The molecule has 0 aromatic carbocycles.